The summed E-state index contributed by atoms with van der Waals surface area (Å²) in [4.78, 5) is 2.46. The van der Waals surface area contributed by atoms with E-state index in [-0.39, 0.29) is 10.8 Å². The van der Waals surface area contributed by atoms with Crippen molar-refractivity contribution in [3.05, 3.63) is 210 Å². The Kier molecular flexibility index (Phi) is 7.36. The highest BCUT2D eigenvalue weighted by Gasteiger charge is 2.40. The molecule has 0 spiro atoms. The summed E-state index contributed by atoms with van der Waals surface area (Å²) in [6.07, 6.45) is 0. The highest BCUT2D eigenvalue weighted by molar-refractivity contribution is 6.10. The van der Waals surface area contributed by atoms with E-state index >= 15 is 0 Å². The molecule has 0 N–H and O–H groups in total. The molecule has 0 radical (unpaired) electrons. The van der Waals surface area contributed by atoms with E-state index in [0.29, 0.717) is 0 Å². The molecule has 2 aliphatic carbocycles. The molecule has 286 valence electrons. The van der Waals surface area contributed by atoms with E-state index in [9.17, 15) is 0 Å². The minimum Gasteiger partial charge on any atom is -0.455 e. The predicted molar refractivity (Wildman–Crippen MR) is 252 cm³/mol. The van der Waals surface area contributed by atoms with Gasteiger partial charge in [-0.05, 0) is 121 Å². The quantitative estimate of drug-likeness (QED) is 0.173. The summed E-state index contributed by atoms with van der Waals surface area (Å²) in [5, 5.41) is 4.88. The Morgan fingerprint density at radius 1 is 0.383 bits per heavy atom. The van der Waals surface area contributed by atoms with Crippen LogP contribution < -0.4 is 4.90 Å². The van der Waals surface area contributed by atoms with E-state index in [1.165, 1.54) is 66.4 Å². The molecule has 12 rings (SSSR count). The molecule has 60 heavy (non-hydrogen) atoms. The van der Waals surface area contributed by atoms with Crippen molar-refractivity contribution in [1.82, 2.24) is 0 Å². The fourth-order valence-corrected chi connectivity index (χ4v) is 10.7. The van der Waals surface area contributed by atoms with Crippen LogP contribution in [-0.4, -0.2) is 0 Å². The van der Waals surface area contributed by atoms with Gasteiger partial charge in [0, 0.05) is 44.2 Å². The van der Waals surface area contributed by atoms with Crippen molar-refractivity contribution in [2.45, 2.75) is 38.5 Å². The van der Waals surface area contributed by atoms with Gasteiger partial charge < -0.3 is 9.32 Å². The van der Waals surface area contributed by atoms with Gasteiger partial charge in [-0.15, -0.1) is 0 Å². The van der Waals surface area contributed by atoms with Gasteiger partial charge in [-0.2, -0.15) is 0 Å². The molecule has 0 amide bonds. The number of hydrogen-bond donors (Lipinski definition) is 0. The van der Waals surface area contributed by atoms with Crippen molar-refractivity contribution < 1.29 is 4.42 Å². The van der Waals surface area contributed by atoms with Crippen molar-refractivity contribution in [2.75, 3.05) is 4.90 Å². The van der Waals surface area contributed by atoms with Crippen LogP contribution in [0.15, 0.2) is 192 Å². The Morgan fingerprint density at radius 2 is 1.00 bits per heavy atom. The highest BCUT2D eigenvalue weighted by atomic mass is 16.3. The van der Waals surface area contributed by atoms with Crippen LogP contribution in [0, 0.1) is 0 Å². The molecule has 0 fully saturated rings. The van der Waals surface area contributed by atoms with Crippen LogP contribution in [0.3, 0.4) is 0 Å². The van der Waals surface area contributed by atoms with Crippen LogP contribution in [0.1, 0.15) is 49.9 Å². The van der Waals surface area contributed by atoms with Crippen LogP contribution in [0.5, 0.6) is 0 Å². The SMILES string of the molecule is CC1(C)c2ccccc2-c2ccc(N(c3ccc(-c4cccc5c4oc4ccccc45)cc3)c3ccc4c(c3)-c3c(-c5ccccc5)cc5ccccc5c3C4(C)C)cc21. The molecule has 2 heteroatoms. The average Bonchev–Trinajstić information content (AvgIpc) is 3.86. The number of furan rings is 1. The number of anilines is 3. The molecule has 1 heterocycles. The van der Waals surface area contributed by atoms with Crippen molar-refractivity contribution in [3.63, 3.8) is 0 Å². The monoisotopic (exact) mass is 769 g/mol. The Bertz CT molecular complexity index is 3370. The minimum absolute atomic E-state index is 0.130. The molecular formula is C58H43NO. The molecular weight excluding hydrogens is 727 g/mol. The second-order valence-corrected chi connectivity index (χ2v) is 17.7. The molecule has 2 aliphatic rings. The molecule has 0 atom stereocenters. The first-order valence-corrected chi connectivity index (χ1v) is 21.1. The predicted octanol–water partition coefficient (Wildman–Crippen LogP) is 16.2. The fraction of sp³-hybridized carbons (Fsp3) is 0.103. The van der Waals surface area contributed by atoms with E-state index in [4.69, 9.17) is 4.42 Å². The fourth-order valence-electron chi connectivity index (χ4n) is 10.7. The number of para-hydroxylation sites is 2. The standard InChI is InChI=1S/C58H43NO/c1-57(2)50-23-12-10-19-44(50)45-31-29-41(35-52(45)57)59(39-27-25-37(26-28-39)43-21-14-22-47-46-20-11-13-24-53(46)60-56(43)47)40-30-32-51-49(34-40)54-48(36-15-6-5-7-16-36)33-38-17-8-9-18-42(38)55(54)58(51,3)4/h5-35H,1-4H3. The number of rotatable bonds is 5. The van der Waals surface area contributed by atoms with E-state index in [1.54, 1.807) is 0 Å². The maximum Gasteiger partial charge on any atom is 0.143 e. The highest BCUT2D eigenvalue weighted by Crippen LogP contribution is 2.57. The van der Waals surface area contributed by atoms with Gasteiger partial charge in [-0.1, -0.05) is 167 Å². The largest absolute Gasteiger partial charge is 0.455 e. The summed E-state index contributed by atoms with van der Waals surface area (Å²) in [5.74, 6) is 0. The van der Waals surface area contributed by atoms with E-state index in [0.717, 1.165) is 50.1 Å². The van der Waals surface area contributed by atoms with Crippen LogP contribution >= 0.6 is 0 Å². The number of fused-ring (bicyclic) bond motifs is 11. The third-order valence-electron chi connectivity index (χ3n) is 13.6. The van der Waals surface area contributed by atoms with E-state index in [2.05, 4.69) is 215 Å². The van der Waals surface area contributed by atoms with Crippen molar-refractivity contribution >= 4 is 49.8 Å². The zero-order chi connectivity index (χ0) is 40.3. The van der Waals surface area contributed by atoms with Crippen molar-refractivity contribution in [2.24, 2.45) is 0 Å². The maximum atomic E-state index is 6.49. The lowest BCUT2D eigenvalue weighted by molar-refractivity contribution is 0.660. The molecule has 9 aromatic carbocycles. The normalized spacial score (nSPS) is 14.3. The second-order valence-electron chi connectivity index (χ2n) is 17.7. The van der Waals surface area contributed by atoms with E-state index < -0.39 is 0 Å². The summed E-state index contributed by atoms with van der Waals surface area (Å²) < 4.78 is 6.49. The van der Waals surface area contributed by atoms with Gasteiger partial charge in [0.05, 0.1) is 0 Å². The molecule has 10 aromatic rings. The first-order valence-electron chi connectivity index (χ1n) is 21.1. The smallest absolute Gasteiger partial charge is 0.143 e. The lowest BCUT2D eigenvalue weighted by Gasteiger charge is -2.29. The van der Waals surface area contributed by atoms with Crippen LogP contribution in [-0.2, 0) is 10.8 Å². The summed E-state index contributed by atoms with van der Waals surface area (Å²) in [6.45, 7) is 9.53. The molecule has 0 saturated carbocycles. The van der Waals surface area contributed by atoms with Gasteiger partial charge in [0.25, 0.3) is 0 Å². The number of hydrogen-bond acceptors (Lipinski definition) is 2. The summed E-state index contributed by atoms with van der Waals surface area (Å²) in [7, 11) is 0. The molecule has 0 bridgehead atoms. The van der Waals surface area contributed by atoms with Crippen molar-refractivity contribution in [1.29, 1.82) is 0 Å². The zero-order valence-corrected chi connectivity index (χ0v) is 34.3. The van der Waals surface area contributed by atoms with E-state index in [1.807, 2.05) is 6.07 Å². The number of nitrogens with zero attached hydrogens (tertiary/aromatic N) is 1. The van der Waals surface area contributed by atoms with Crippen LogP contribution in [0.4, 0.5) is 17.1 Å². The van der Waals surface area contributed by atoms with Crippen molar-refractivity contribution in [3.8, 4) is 44.5 Å². The Morgan fingerprint density at radius 3 is 1.85 bits per heavy atom. The van der Waals surface area contributed by atoms with Crippen LogP contribution in [0.2, 0.25) is 0 Å². The number of benzene rings is 9. The zero-order valence-electron chi connectivity index (χ0n) is 34.3. The van der Waals surface area contributed by atoms with Crippen LogP contribution in [0.25, 0.3) is 77.2 Å². The first-order chi connectivity index (χ1) is 29.3. The van der Waals surface area contributed by atoms with Gasteiger partial charge >= 0.3 is 0 Å². The van der Waals surface area contributed by atoms with Gasteiger partial charge in [-0.3, -0.25) is 0 Å². The third-order valence-corrected chi connectivity index (χ3v) is 13.6. The summed E-state index contributed by atoms with van der Waals surface area (Å²) >= 11 is 0. The molecule has 1 aromatic heterocycles. The topological polar surface area (TPSA) is 16.4 Å². The summed E-state index contributed by atoms with van der Waals surface area (Å²) in [6, 6.07) is 69.3. The minimum atomic E-state index is -0.193. The summed E-state index contributed by atoms with van der Waals surface area (Å²) in [5.41, 5.74) is 20.4. The molecule has 0 unspecified atom stereocenters. The molecule has 0 aliphatic heterocycles. The van der Waals surface area contributed by atoms with Gasteiger partial charge in [0.1, 0.15) is 11.2 Å². The lowest BCUT2D eigenvalue weighted by atomic mass is 9.79. The first kappa shape index (κ1) is 34.8. The third kappa shape index (κ3) is 4.94. The Balaban J connectivity index is 1.06. The maximum absolute atomic E-state index is 6.49. The molecule has 2 nitrogen and oxygen atoms in total. The van der Waals surface area contributed by atoms with Gasteiger partial charge in [0.15, 0.2) is 0 Å². The second kappa shape index (κ2) is 12.7. The van der Waals surface area contributed by atoms with Gasteiger partial charge in [-0.25, -0.2) is 0 Å². The van der Waals surface area contributed by atoms with Gasteiger partial charge in [0.2, 0.25) is 0 Å². The Labute approximate surface area is 351 Å². The lowest BCUT2D eigenvalue weighted by Crippen LogP contribution is -2.17. The molecule has 0 saturated heterocycles. The Hall–Kier alpha value is -7.16. The average molecular weight is 770 g/mol.